The molecule has 248 valence electrons. The van der Waals surface area contributed by atoms with Gasteiger partial charge >= 0.3 is 0 Å². The van der Waals surface area contributed by atoms with E-state index in [0.717, 1.165) is 80.6 Å². The van der Waals surface area contributed by atoms with Crippen LogP contribution in [0.2, 0.25) is 0 Å². The number of benzene rings is 6. The predicted molar refractivity (Wildman–Crippen MR) is 201 cm³/mol. The molecule has 48 heavy (non-hydrogen) atoms. The van der Waals surface area contributed by atoms with E-state index >= 15 is 0 Å². The number of anilines is 6. The fourth-order valence-electron chi connectivity index (χ4n) is 8.57. The summed E-state index contributed by atoms with van der Waals surface area (Å²) in [6, 6.07) is 23.2. The second-order valence-electron chi connectivity index (χ2n) is 12.9. The van der Waals surface area contributed by atoms with Gasteiger partial charge in [0.1, 0.15) is 0 Å². The molecule has 0 saturated heterocycles. The van der Waals surface area contributed by atoms with Gasteiger partial charge in [-0.2, -0.15) is 0 Å². The van der Waals surface area contributed by atoms with E-state index in [1.165, 1.54) is 0 Å². The molecule has 0 bridgehead atoms. The third-order valence-corrected chi connectivity index (χ3v) is 10.7. The molecule has 0 aliphatic heterocycles. The Morgan fingerprint density at radius 1 is 0.458 bits per heavy atom. The standard InChI is InChI=1S/C40H44N6O2/c1-5-45(6-2)37-21-13-9-17-25(41)29(21)33(30-22(37)14-10-18-26(30)42)35-39(47)36(40(35)48)34-31-23(15-11-19-27(31)43)38(46(7-3)8-4)24-16-12-20-28(44)32(24)34/h9-20,35-36,39-40H,5-8,41-44H2,1-4H3/q-2. The fraction of sp³-hybridized carbons (Fsp3) is 0.300. The molecule has 7 rings (SSSR count). The van der Waals surface area contributed by atoms with Crippen LogP contribution in [0.4, 0.5) is 34.1 Å². The van der Waals surface area contributed by atoms with Crippen molar-refractivity contribution in [3.05, 3.63) is 83.9 Å². The van der Waals surface area contributed by atoms with Crippen molar-refractivity contribution in [3.63, 3.8) is 0 Å². The minimum absolute atomic E-state index is 0.525. The molecule has 0 radical (unpaired) electrons. The average Bonchev–Trinajstić information content (AvgIpc) is 3.07. The smallest absolute Gasteiger partial charge is 0.0527 e. The zero-order chi connectivity index (χ0) is 34.0. The van der Waals surface area contributed by atoms with Crippen LogP contribution in [0.5, 0.6) is 0 Å². The quantitative estimate of drug-likeness (QED) is 0.123. The molecule has 1 fully saturated rings. The van der Waals surface area contributed by atoms with Crippen molar-refractivity contribution in [1.29, 1.82) is 0 Å². The van der Waals surface area contributed by atoms with Crippen LogP contribution >= 0.6 is 0 Å². The lowest BCUT2D eigenvalue weighted by atomic mass is 9.60. The van der Waals surface area contributed by atoms with Crippen LogP contribution in [0.3, 0.4) is 0 Å². The van der Waals surface area contributed by atoms with Crippen molar-refractivity contribution < 1.29 is 10.2 Å². The van der Waals surface area contributed by atoms with Gasteiger partial charge in [-0.1, -0.05) is 48.5 Å². The second-order valence-corrected chi connectivity index (χ2v) is 12.9. The molecule has 0 aromatic heterocycles. The van der Waals surface area contributed by atoms with Gasteiger partial charge in [0.15, 0.2) is 0 Å². The van der Waals surface area contributed by atoms with Gasteiger partial charge in [0.05, 0.1) is 11.4 Å². The summed E-state index contributed by atoms with van der Waals surface area (Å²) in [6.45, 7) is 11.6. The Morgan fingerprint density at radius 3 is 0.938 bits per heavy atom. The third-order valence-electron chi connectivity index (χ3n) is 10.7. The second kappa shape index (κ2) is 12.0. The molecule has 1 aliphatic rings. The molecule has 0 atom stereocenters. The van der Waals surface area contributed by atoms with E-state index < -0.39 is 24.0 Å². The topological polar surface area (TPSA) is 157 Å². The third kappa shape index (κ3) is 4.36. The average molecular weight is 641 g/mol. The van der Waals surface area contributed by atoms with E-state index in [1.807, 2.05) is 72.8 Å². The maximum atomic E-state index is 15.0. The van der Waals surface area contributed by atoms with Crippen LogP contribution in [-0.4, -0.2) is 38.4 Å². The Kier molecular flexibility index (Phi) is 7.89. The largest absolute Gasteiger partial charge is 0.851 e. The summed E-state index contributed by atoms with van der Waals surface area (Å²) in [5.74, 6) is -1.77. The molecule has 0 spiro atoms. The number of hydrogen-bond donors (Lipinski definition) is 4. The lowest BCUT2D eigenvalue weighted by Gasteiger charge is -2.62. The lowest BCUT2D eigenvalue weighted by Crippen LogP contribution is -2.63. The van der Waals surface area contributed by atoms with Gasteiger partial charge in [0, 0.05) is 92.0 Å². The Morgan fingerprint density at radius 2 is 0.708 bits per heavy atom. The van der Waals surface area contributed by atoms with Crippen molar-refractivity contribution in [2.75, 3.05) is 58.9 Å². The molecule has 0 unspecified atom stereocenters. The Bertz CT molecular complexity index is 1920. The fourth-order valence-corrected chi connectivity index (χ4v) is 8.57. The summed E-state index contributed by atoms with van der Waals surface area (Å²) in [5, 5.41) is 36.5. The van der Waals surface area contributed by atoms with Gasteiger partial charge in [0.2, 0.25) is 0 Å². The molecular formula is C40H44N6O2-2. The van der Waals surface area contributed by atoms with Crippen LogP contribution < -0.4 is 42.9 Å². The summed E-state index contributed by atoms with van der Waals surface area (Å²) >= 11 is 0. The highest BCUT2D eigenvalue weighted by atomic mass is 16.3. The van der Waals surface area contributed by atoms with Crippen molar-refractivity contribution in [2.45, 2.75) is 51.7 Å². The Balaban J connectivity index is 1.53. The van der Waals surface area contributed by atoms with Crippen LogP contribution in [0.15, 0.2) is 72.8 Å². The number of nitrogen functional groups attached to an aromatic ring is 4. The molecule has 8 nitrogen and oxygen atoms in total. The van der Waals surface area contributed by atoms with Crippen molar-refractivity contribution in [1.82, 2.24) is 0 Å². The minimum atomic E-state index is -1.29. The number of hydrogen-bond acceptors (Lipinski definition) is 8. The Labute approximate surface area is 281 Å². The van der Waals surface area contributed by atoms with Crippen LogP contribution in [0, 0.1) is 0 Å². The monoisotopic (exact) mass is 640 g/mol. The molecule has 1 aliphatic carbocycles. The highest BCUT2D eigenvalue weighted by Gasteiger charge is 2.43. The highest BCUT2D eigenvalue weighted by molar-refractivity contribution is 6.21. The number of fused-ring (bicyclic) bond motifs is 4. The maximum Gasteiger partial charge on any atom is 0.0527 e. The molecule has 0 heterocycles. The summed E-state index contributed by atoms with van der Waals surface area (Å²) in [5.41, 5.74) is 32.5. The van der Waals surface area contributed by atoms with Crippen molar-refractivity contribution in [3.8, 4) is 0 Å². The maximum absolute atomic E-state index is 15.0. The van der Waals surface area contributed by atoms with E-state index in [2.05, 4.69) is 37.5 Å². The molecule has 8 heteroatoms. The highest BCUT2D eigenvalue weighted by Crippen LogP contribution is 2.57. The zero-order valence-corrected chi connectivity index (χ0v) is 28.1. The normalized spacial score (nSPS) is 19.3. The molecule has 8 N–H and O–H groups in total. The van der Waals surface area contributed by atoms with Crippen molar-refractivity contribution >= 4 is 77.2 Å². The molecule has 6 aromatic rings. The molecule has 0 amide bonds. The summed E-state index contributed by atoms with van der Waals surface area (Å²) in [6.07, 6.45) is -2.58. The molecule has 6 aromatic carbocycles. The first kappa shape index (κ1) is 31.7. The number of nitrogens with two attached hydrogens (primary N) is 4. The zero-order valence-electron chi connectivity index (χ0n) is 28.1. The Hall–Kier alpha value is -4.92. The minimum Gasteiger partial charge on any atom is -0.851 e. The van der Waals surface area contributed by atoms with E-state index in [1.54, 1.807) is 0 Å². The van der Waals surface area contributed by atoms with Gasteiger partial charge in [-0.15, -0.1) is 12.2 Å². The van der Waals surface area contributed by atoms with Crippen molar-refractivity contribution in [2.24, 2.45) is 0 Å². The summed E-state index contributed by atoms with van der Waals surface area (Å²) < 4.78 is 0. The van der Waals surface area contributed by atoms with Gasteiger partial charge < -0.3 is 42.9 Å². The van der Waals surface area contributed by atoms with E-state index in [-0.39, 0.29) is 0 Å². The van der Waals surface area contributed by atoms with E-state index in [9.17, 15) is 10.2 Å². The number of rotatable bonds is 8. The summed E-state index contributed by atoms with van der Waals surface area (Å²) in [4.78, 5) is 4.56. The first-order valence-electron chi connectivity index (χ1n) is 17.1. The summed E-state index contributed by atoms with van der Waals surface area (Å²) in [7, 11) is 0. The molecule has 1 saturated carbocycles. The first-order chi connectivity index (χ1) is 23.2. The van der Waals surface area contributed by atoms with Gasteiger partial charge in [-0.05, 0) is 74.9 Å². The van der Waals surface area contributed by atoms with Gasteiger partial charge in [0.25, 0.3) is 0 Å². The van der Waals surface area contributed by atoms with Gasteiger partial charge in [-0.25, -0.2) is 0 Å². The van der Waals surface area contributed by atoms with Crippen LogP contribution in [0.25, 0.3) is 43.1 Å². The number of nitrogens with zero attached hydrogens (tertiary/aromatic N) is 2. The lowest BCUT2D eigenvalue weighted by molar-refractivity contribution is -0.535. The van der Waals surface area contributed by atoms with Crippen LogP contribution in [0.1, 0.15) is 50.7 Å². The van der Waals surface area contributed by atoms with E-state index in [4.69, 9.17) is 22.9 Å². The van der Waals surface area contributed by atoms with Crippen LogP contribution in [-0.2, 0) is 0 Å². The predicted octanol–water partition coefficient (Wildman–Crippen LogP) is 5.66. The van der Waals surface area contributed by atoms with Gasteiger partial charge in [-0.3, -0.25) is 0 Å². The first-order valence-corrected chi connectivity index (χ1v) is 17.1. The molecular weight excluding hydrogens is 596 g/mol. The SMILES string of the molecule is CCN(CC)c1c2cccc(N)c2c(C2C([O-])C(c3c4c(N)cccc4c(N(CC)CC)c4cccc(N)c34)C2[O-])c2c(N)cccc12. The van der Waals surface area contributed by atoms with E-state index in [0.29, 0.717) is 33.9 Å².